The molecule has 0 aliphatic rings. The summed E-state index contributed by atoms with van der Waals surface area (Å²) in [6, 6.07) is 8.28. The molecular weight excluding hydrogens is 208 g/mol. The number of unbranched alkanes of at least 4 members (excludes halogenated alkanes) is 1. The van der Waals surface area contributed by atoms with Gasteiger partial charge in [-0.25, -0.2) is 0 Å². The van der Waals surface area contributed by atoms with E-state index in [9.17, 15) is 0 Å². The predicted octanol–water partition coefficient (Wildman–Crippen LogP) is 4.04. The van der Waals surface area contributed by atoms with Gasteiger partial charge in [0.2, 0.25) is 0 Å². The van der Waals surface area contributed by atoms with Crippen molar-refractivity contribution in [3.8, 4) is 5.75 Å². The van der Waals surface area contributed by atoms with Crippen LogP contribution < -0.4 is 4.74 Å². The number of hydrogen-bond donors (Lipinski definition) is 0. The number of rotatable bonds is 6. The zero-order chi connectivity index (χ0) is 11.1. The van der Waals surface area contributed by atoms with Gasteiger partial charge in [-0.05, 0) is 43.9 Å². The second kappa shape index (κ2) is 6.73. The zero-order valence-corrected chi connectivity index (χ0v) is 10.3. The highest BCUT2D eigenvalue weighted by Gasteiger charge is 1.97. The van der Waals surface area contributed by atoms with Crippen LogP contribution in [0.3, 0.4) is 0 Å². The molecule has 1 unspecified atom stereocenters. The highest BCUT2D eigenvalue weighted by Crippen LogP contribution is 2.14. The Kier molecular flexibility index (Phi) is 5.56. The lowest BCUT2D eigenvalue weighted by Crippen LogP contribution is -1.92. The van der Waals surface area contributed by atoms with Crippen molar-refractivity contribution in [3.05, 3.63) is 29.8 Å². The van der Waals surface area contributed by atoms with Gasteiger partial charge in [-0.2, -0.15) is 0 Å². The first kappa shape index (κ1) is 12.4. The van der Waals surface area contributed by atoms with Gasteiger partial charge >= 0.3 is 0 Å². The van der Waals surface area contributed by atoms with Crippen molar-refractivity contribution >= 4 is 11.6 Å². The van der Waals surface area contributed by atoms with Crippen LogP contribution in [0.1, 0.15) is 31.7 Å². The first-order valence-electron chi connectivity index (χ1n) is 5.49. The average Bonchev–Trinajstić information content (AvgIpc) is 2.25. The number of hydrogen-bond acceptors (Lipinski definition) is 1. The monoisotopic (exact) mass is 226 g/mol. The van der Waals surface area contributed by atoms with E-state index in [-0.39, 0.29) is 0 Å². The molecule has 84 valence electrons. The van der Waals surface area contributed by atoms with Gasteiger partial charge < -0.3 is 4.74 Å². The lowest BCUT2D eigenvalue weighted by atomic mass is 10.1. The molecule has 1 nitrogen and oxygen atoms in total. The van der Waals surface area contributed by atoms with E-state index >= 15 is 0 Å². The number of methoxy groups -OCH3 is 1. The second-order valence-corrected chi connectivity index (χ2v) is 4.62. The van der Waals surface area contributed by atoms with Crippen LogP contribution in [0.15, 0.2) is 24.3 Å². The fraction of sp³-hybridized carbons (Fsp3) is 0.538. The summed E-state index contributed by atoms with van der Waals surface area (Å²) in [6.07, 6.45) is 4.66. The van der Waals surface area contributed by atoms with Crippen molar-refractivity contribution in [2.45, 2.75) is 38.0 Å². The second-order valence-electron chi connectivity index (χ2n) is 3.87. The Morgan fingerprint density at radius 2 is 1.87 bits per heavy atom. The highest BCUT2D eigenvalue weighted by molar-refractivity contribution is 6.20. The Morgan fingerprint density at radius 1 is 1.20 bits per heavy atom. The topological polar surface area (TPSA) is 9.23 Å². The van der Waals surface area contributed by atoms with Crippen molar-refractivity contribution in [1.82, 2.24) is 0 Å². The number of benzene rings is 1. The zero-order valence-electron chi connectivity index (χ0n) is 9.50. The minimum absolute atomic E-state index is 0.306. The Morgan fingerprint density at radius 3 is 2.40 bits per heavy atom. The summed E-state index contributed by atoms with van der Waals surface area (Å²) in [5.74, 6) is 0.924. The predicted molar refractivity (Wildman–Crippen MR) is 65.9 cm³/mol. The third-order valence-corrected chi connectivity index (χ3v) is 2.69. The average molecular weight is 227 g/mol. The summed E-state index contributed by atoms with van der Waals surface area (Å²) in [7, 11) is 1.69. The molecule has 0 heterocycles. The summed E-state index contributed by atoms with van der Waals surface area (Å²) >= 11 is 5.88. The van der Waals surface area contributed by atoms with Gasteiger partial charge in [-0.1, -0.05) is 18.6 Å². The summed E-state index contributed by atoms with van der Waals surface area (Å²) in [4.78, 5) is 0. The highest BCUT2D eigenvalue weighted by atomic mass is 35.5. The van der Waals surface area contributed by atoms with Crippen molar-refractivity contribution in [2.24, 2.45) is 0 Å². The fourth-order valence-corrected chi connectivity index (χ4v) is 1.70. The quantitative estimate of drug-likeness (QED) is 0.526. The molecule has 0 aromatic heterocycles. The van der Waals surface area contributed by atoms with E-state index in [1.807, 2.05) is 12.1 Å². The van der Waals surface area contributed by atoms with Crippen molar-refractivity contribution in [3.63, 3.8) is 0 Å². The van der Waals surface area contributed by atoms with Gasteiger partial charge in [0.15, 0.2) is 0 Å². The Labute approximate surface area is 97.4 Å². The molecule has 1 aromatic carbocycles. The molecule has 0 fully saturated rings. The van der Waals surface area contributed by atoms with Gasteiger partial charge in [0.05, 0.1) is 7.11 Å². The molecule has 0 saturated heterocycles. The maximum atomic E-state index is 5.88. The molecule has 0 radical (unpaired) electrons. The molecule has 0 bridgehead atoms. The van der Waals surface area contributed by atoms with Crippen molar-refractivity contribution in [2.75, 3.05) is 7.11 Å². The number of ether oxygens (including phenoxy) is 1. The molecule has 1 aromatic rings. The number of aryl methyl sites for hydroxylation is 1. The Hall–Kier alpha value is -0.690. The van der Waals surface area contributed by atoms with Crippen LogP contribution in [0, 0.1) is 0 Å². The minimum Gasteiger partial charge on any atom is -0.497 e. The third kappa shape index (κ3) is 5.08. The molecule has 0 amide bonds. The lowest BCUT2D eigenvalue weighted by molar-refractivity contribution is 0.414. The van der Waals surface area contributed by atoms with Crippen LogP contribution in [0.5, 0.6) is 5.75 Å². The molecular formula is C13H19ClO. The van der Waals surface area contributed by atoms with Crippen molar-refractivity contribution in [1.29, 1.82) is 0 Å². The first-order chi connectivity index (χ1) is 7.22. The van der Waals surface area contributed by atoms with Crippen LogP contribution >= 0.6 is 11.6 Å². The normalized spacial score (nSPS) is 12.5. The molecule has 0 aliphatic carbocycles. The lowest BCUT2D eigenvalue weighted by Gasteiger charge is -2.04. The molecule has 0 N–H and O–H groups in total. The minimum atomic E-state index is 0.306. The van der Waals surface area contributed by atoms with Gasteiger partial charge in [-0.15, -0.1) is 11.6 Å². The van der Waals surface area contributed by atoms with Crippen molar-refractivity contribution < 1.29 is 4.74 Å². The van der Waals surface area contributed by atoms with Crippen LogP contribution in [0.2, 0.25) is 0 Å². The molecule has 1 atom stereocenters. The summed E-state index contributed by atoms with van der Waals surface area (Å²) < 4.78 is 5.11. The fourth-order valence-electron chi connectivity index (χ4n) is 1.55. The van der Waals surface area contributed by atoms with E-state index in [0.717, 1.165) is 18.6 Å². The van der Waals surface area contributed by atoms with E-state index in [0.29, 0.717) is 5.38 Å². The SMILES string of the molecule is COc1ccc(CCCCC(C)Cl)cc1. The Balaban J connectivity index is 2.25. The van der Waals surface area contributed by atoms with E-state index in [4.69, 9.17) is 16.3 Å². The van der Waals surface area contributed by atoms with E-state index in [2.05, 4.69) is 19.1 Å². The third-order valence-electron chi connectivity index (χ3n) is 2.48. The Bertz CT molecular complexity index is 266. The summed E-state index contributed by atoms with van der Waals surface area (Å²) in [6.45, 7) is 2.05. The molecule has 0 spiro atoms. The van der Waals surface area contributed by atoms with Crippen LogP contribution in [-0.4, -0.2) is 12.5 Å². The molecule has 1 rings (SSSR count). The van der Waals surface area contributed by atoms with Gasteiger partial charge in [0.1, 0.15) is 5.75 Å². The van der Waals surface area contributed by atoms with E-state index < -0.39 is 0 Å². The van der Waals surface area contributed by atoms with Gasteiger partial charge in [0, 0.05) is 5.38 Å². The summed E-state index contributed by atoms with van der Waals surface area (Å²) in [5, 5.41) is 0.306. The molecule has 0 aliphatic heterocycles. The number of alkyl halides is 1. The first-order valence-corrected chi connectivity index (χ1v) is 5.93. The maximum absolute atomic E-state index is 5.88. The molecule has 15 heavy (non-hydrogen) atoms. The van der Waals surface area contributed by atoms with E-state index in [1.165, 1.54) is 18.4 Å². The van der Waals surface area contributed by atoms with Crippen LogP contribution in [0.4, 0.5) is 0 Å². The van der Waals surface area contributed by atoms with Crippen LogP contribution in [-0.2, 0) is 6.42 Å². The van der Waals surface area contributed by atoms with Gasteiger partial charge in [-0.3, -0.25) is 0 Å². The maximum Gasteiger partial charge on any atom is 0.118 e. The van der Waals surface area contributed by atoms with Crippen LogP contribution in [0.25, 0.3) is 0 Å². The summed E-state index contributed by atoms with van der Waals surface area (Å²) in [5.41, 5.74) is 1.37. The smallest absolute Gasteiger partial charge is 0.118 e. The molecule has 2 heteroatoms. The van der Waals surface area contributed by atoms with E-state index in [1.54, 1.807) is 7.11 Å². The number of halogens is 1. The molecule has 0 saturated carbocycles. The largest absolute Gasteiger partial charge is 0.497 e. The standard InChI is InChI=1S/C13H19ClO/c1-11(14)5-3-4-6-12-7-9-13(15-2)10-8-12/h7-11H,3-6H2,1-2H3. The van der Waals surface area contributed by atoms with Gasteiger partial charge in [0.25, 0.3) is 0 Å².